The third-order valence-corrected chi connectivity index (χ3v) is 3.49. The summed E-state index contributed by atoms with van der Waals surface area (Å²) in [5.74, 6) is -0.597. The van der Waals surface area contributed by atoms with E-state index in [-0.39, 0.29) is 12.5 Å². The molecule has 98 valence electrons. The van der Waals surface area contributed by atoms with E-state index in [9.17, 15) is 9.59 Å². The average molecular weight is 314 g/mol. The molecule has 4 nitrogen and oxygen atoms in total. The Morgan fingerprint density at radius 1 is 1.39 bits per heavy atom. The highest BCUT2D eigenvalue weighted by Crippen LogP contribution is 2.18. The smallest absolute Gasteiger partial charge is 0.325 e. The summed E-state index contributed by atoms with van der Waals surface area (Å²) in [7, 11) is 1.31. The number of esters is 1. The molecule has 0 bridgehead atoms. The fourth-order valence-corrected chi connectivity index (χ4v) is 1.83. The Bertz CT molecular complexity index is 460. The van der Waals surface area contributed by atoms with Gasteiger partial charge < -0.3 is 9.64 Å². The molecule has 0 aliphatic heterocycles. The van der Waals surface area contributed by atoms with Crippen LogP contribution in [0.3, 0.4) is 0 Å². The van der Waals surface area contributed by atoms with Crippen molar-refractivity contribution in [3.05, 3.63) is 33.8 Å². The van der Waals surface area contributed by atoms with Crippen molar-refractivity contribution in [1.29, 1.82) is 0 Å². The Hall–Kier alpha value is -1.36. The number of amides is 1. The predicted octanol–water partition coefficient (Wildman–Crippen LogP) is 2.39. The molecule has 1 aromatic rings. The van der Waals surface area contributed by atoms with E-state index >= 15 is 0 Å². The van der Waals surface area contributed by atoms with E-state index in [2.05, 4.69) is 20.7 Å². The first kappa shape index (κ1) is 14.7. The lowest BCUT2D eigenvalue weighted by molar-refractivity contribution is -0.141. The lowest BCUT2D eigenvalue weighted by Gasteiger charge is -2.19. The molecule has 1 amide bonds. The van der Waals surface area contributed by atoms with Crippen molar-refractivity contribution in [2.24, 2.45) is 0 Å². The molecule has 0 radical (unpaired) electrons. The van der Waals surface area contributed by atoms with Gasteiger partial charge in [0.25, 0.3) is 5.91 Å². The molecular weight excluding hydrogens is 298 g/mol. The van der Waals surface area contributed by atoms with Gasteiger partial charge in [0.05, 0.1) is 7.11 Å². The molecule has 0 atom stereocenters. The van der Waals surface area contributed by atoms with Crippen molar-refractivity contribution < 1.29 is 14.3 Å². The van der Waals surface area contributed by atoms with E-state index in [4.69, 9.17) is 0 Å². The van der Waals surface area contributed by atoms with Crippen LogP contribution in [0.15, 0.2) is 22.7 Å². The van der Waals surface area contributed by atoms with Crippen LogP contribution in [0.5, 0.6) is 0 Å². The Kier molecular flexibility index (Phi) is 5.34. The number of hydrogen-bond acceptors (Lipinski definition) is 3. The number of aryl methyl sites for hydroxylation is 1. The minimum Gasteiger partial charge on any atom is -0.468 e. The molecule has 0 aliphatic rings. The second-order valence-electron chi connectivity index (χ2n) is 3.86. The van der Waals surface area contributed by atoms with Crippen LogP contribution in [0.1, 0.15) is 22.8 Å². The van der Waals surface area contributed by atoms with Crippen LogP contribution >= 0.6 is 15.9 Å². The lowest BCUT2D eigenvalue weighted by Crippen LogP contribution is -2.36. The standard InChI is InChI=1S/C13H16BrNO3/c1-4-15(8-12(16)18-3)13(17)10-6-5-9(2)11(14)7-10/h5-7H,4,8H2,1-3H3. The zero-order valence-electron chi connectivity index (χ0n) is 10.7. The van der Waals surface area contributed by atoms with Crippen molar-refractivity contribution in [2.75, 3.05) is 20.2 Å². The molecule has 18 heavy (non-hydrogen) atoms. The Balaban J connectivity index is 2.89. The van der Waals surface area contributed by atoms with Crippen molar-refractivity contribution in [3.63, 3.8) is 0 Å². The van der Waals surface area contributed by atoms with Crippen LogP contribution in [0, 0.1) is 6.92 Å². The van der Waals surface area contributed by atoms with Crippen LogP contribution in [0.4, 0.5) is 0 Å². The first-order valence-electron chi connectivity index (χ1n) is 5.61. The van der Waals surface area contributed by atoms with Gasteiger partial charge in [-0.3, -0.25) is 9.59 Å². The third-order valence-electron chi connectivity index (χ3n) is 2.64. The third kappa shape index (κ3) is 3.57. The summed E-state index contributed by atoms with van der Waals surface area (Å²) in [5.41, 5.74) is 1.61. The van der Waals surface area contributed by atoms with Crippen molar-refractivity contribution in [1.82, 2.24) is 4.90 Å². The van der Waals surface area contributed by atoms with Crippen molar-refractivity contribution >= 4 is 27.8 Å². The lowest BCUT2D eigenvalue weighted by atomic mass is 10.1. The first-order valence-corrected chi connectivity index (χ1v) is 6.41. The predicted molar refractivity (Wildman–Crippen MR) is 72.5 cm³/mol. The van der Waals surface area contributed by atoms with Crippen LogP contribution in [0.2, 0.25) is 0 Å². The highest BCUT2D eigenvalue weighted by atomic mass is 79.9. The summed E-state index contributed by atoms with van der Waals surface area (Å²) >= 11 is 3.39. The number of hydrogen-bond donors (Lipinski definition) is 0. The van der Waals surface area contributed by atoms with Crippen LogP contribution < -0.4 is 0 Å². The molecule has 0 spiro atoms. The summed E-state index contributed by atoms with van der Waals surface area (Å²) in [6.45, 7) is 4.20. The number of nitrogens with zero attached hydrogens (tertiary/aromatic N) is 1. The van der Waals surface area contributed by atoms with Gasteiger partial charge in [-0.25, -0.2) is 0 Å². The van der Waals surface area contributed by atoms with Gasteiger partial charge in [-0.1, -0.05) is 22.0 Å². The van der Waals surface area contributed by atoms with Gasteiger partial charge in [-0.05, 0) is 31.5 Å². The molecule has 0 saturated carbocycles. The summed E-state index contributed by atoms with van der Waals surface area (Å²) in [5, 5.41) is 0. The first-order chi connectivity index (χ1) is 8.49. The number of methoxy groups -OCH3 is 1. The number of halogens is 1. The number of benzene rings is 1. The van der Waals surface area contributed by atoms with E-state index in [0.717, 1.165) is 10.0 Å². The van der Waals surface area contributed by atoms with Gasteiger partial charge in [-0.15, -0.1) is 0 Å². The highest BCUT2D eigenvalue weighted by molar-refractivity contribution is 9.10. The molecule has 0 unspecified atom stereocenters. The number of ether oxygens (including phenoxy) is 1. The minimum atomic E-state index is -0.420. The largest absolute Gasteiger partial charge is 0.468 e. The second-order valence-corrected chi connectivity index (χ2v) is 4.71. The van der Waals surface area contributed by atoms with E-state index in [0.29, 0.717) is 12.1 Å². The molecule has 1 rings (SSSR count). The SMILES string of the molecule is CCN(CC(=O)OC)C(=O)c1ccc(C)c(Br)c1. The van der Waals surface area contributed by atoms with Gasteiger partial charge in [0.15, 0.2) is 0 Å². The molecule has 0 saturated heterocycles. The number of carbonyl (C=O) groups excluding carboxylic acids is 2. The molecule has 0 fully saturated rings. The maximum Gasteiger partial charge on any atom is 0.325 e. The Morgan fingerprint density at radius 2 is 2.06 bits per heavy atom. The summed E-state index contributed by atoms with van der Waals surface area (Å²) < 4.78 is 5.45. The zero-order chi connectivity index (χ0) is 13.7. The quantitative estimate of drug-likeness (QED) is 0.802. The van der Waals surface area contributed by atoms with E-state index in [1.165, 1.54) is 12.0 Å². The van der Waals surface area contributed by atoms with Crippen LogP contribution in [0.25, 0.3) is 0 Å². The molecule has 1 aromatic carbocycles. The average Bonchev–Trinajstić information content (AvgIpc) is 2.38. The monoisotopic (exact) mass is 313 g/mol. The molecule has 0 aliphatic carbocycles. The summed E-state index contributed by atoms with van der Waals surface area (Å²) in [6.07, 6.45) is 0. The van der Waals surface area contributed by atoms with E-state index < -0.39 is 5.97 Å². The second kappa shape index (κ2) is 6.54. The molecule has 5 heteroatoms. The van der Waals surface area contributed by atoms with Gasteiger partial charge in [0.2, 0.25) is 0 Å². The molecule has 0 heterocycles. The summed E-state index contributed by atoms with van der Waals surface area (Å²) in [4.78, 5) is 24.8. The van der Waals surface area contributed by atoms with Crippen molar-refractivity contribution in [2.45, 2.75) is 13.8 Å². The number of likely N-dealkylation sites (N-methyl/N-ethyl adjacent to an activating group) is 1. The number of carbonyl (C=O) groups is 2. The minimum absolute atomic E-state index is 0.0304. The maximum absolute atomic E-state index is 12.2. The molecule has 0 aromatic heterocycles. The van der Waals surface area contributed by atoms with Crippen molar-refractivity contribution in [3.8, 4) is 0 Å². The van der Waals surface area contributed by atoms with Gasteiger partial charge >= 0.3 is 5.97 Å². The van der Waals surface area contributed by atoms with Gasteiger partial charge in [-0.2, -0.15) is 0 Å². The van der Waals surface area contributed by atoms with Crippen LogP contribution in [-0.2, 0) is 9.53 Å². The summed E-state index contributed by atoms with van der Waals surface area (Å²) in [6, 6.07) is 5.38. The van der Waals surface area contributed by atoms with E-state index in [1.807, 2.05) is 19.9 Å². The van der Waals surface area contributed by atoms with Gasteiger partial charge in [0, 0.05) is 16.6 Å². The highest BCUT2D eigenvalue weighted by Gasteiger charge is 2.17. The van der Waals surface area contributed by atoms with Gasteiger partial charge in [0.1, 0.15) is 6.54 Å². The van der Waals surface area contributed by atoms with E-state index in [1.54, 1.807) is 12.1 Å². The fraction of sp³-hybridized carbons (Fsp3) is 0.385. The molecule has 0 N–H and O–H groups in total. The fourth-order valence-electron chi connectivity index (χ4n) is 1.46. The Labute approximate surface area is 115 Å². The zero-order valence-corrected chi connectivity index (χ0v) is 12.3. The normalized spacial score (nSPS) is 10.0. The topological polar surface area (TPSA) is 46.6 Å². The molecular formula is C13H16BrNO3. The Morgan fingerprint density at radius 3 is 2.56 bits per heavy atom. The number of rotatable bonds is 4. The maximum atomic E-state index is 12.2. The van der Waals surface area contributed by atoms with Crippen LogP contribution in [-0.4, -0.2) is 37.0 Å².